The van der Waals surface area contributed by atoms with Gasteiger partial charge in [-0.15, -0.1) is 0 Å². The van der Waals surface area contributed by atoms with Crippen molar-refractivity contribution in [3.63, 3.8) is 0 Å². The molecule has 1 aromatic rings. The first-order valence-corrected chi connectivity index (χ1v) is 6.13. The molecule has 2 heterocycles. The summed E-state index contributed by atoms with van der Waals surface area (Å²) in [7, 11) is 0. The van der Waals surface area contributed by atoms with Gasteiger partial charge in [-0.2, -0.15) is 0 Å². The average molecular weight is 247 g/mol. The largest absolute Gasteiger partial charge is 0.352 e. The molecule has 0 aromatic carbocycles. The molecule has 18 heavy (non-hydrogen) atoms. The summed E-state index contributed by atoms with van der Waals surface area (Å²) in [6.07, 6.45) is 5.06. The third kappa shape index (κ3) is 3.06. The maximum Gasteiger partial charge on any atom is 0.255 e. The van der Waals surface area contributed by atoms with E-state index < -0.39 is 0 Å². The van der Waals surface area contributed by atoms with Crippen molar-refractivity contribution in [3.05, 3.63) is 30.1 Å². The van der Waals surface area contributed by atoms with Crippen LogP contribution in [0.5, 0.6) is 0 Å². The Kier molecular flexibility index (Phi) is 3.92. The number of carbonyl (C=O) groups excluding carboxylic acids is 2. The predicted molar refractivity (Wildman–Crippen MR) is 67.0 cm³/mol. The summed E-state index contributed by atoms with van der Waals surface area (Å²) in [5.41, 5.74) is 0.598. The normalized spacial score (nSPS) is 19.4. The monoisotopic (exact) mass is 247 g/mol. The second kappa shape index (κ2) is 5.62. The lowest BCUT2D eigenvalue weighted by Gasteiger charge is -2.33. The molecule has 0 aliphatic carbocycles. The van der Waals surface area contributed by atoms with Gasteiger partial charge in [-0.1, -0.05) is 0 Å². The van der Waals surface area contributed by atoms with Crippen LogP contribution in [0.4, 0.5) is 0 Å². The highest BCUT2D eigenvalue weighted by atomic mass is 16.2. The minimum Gasteiger partial charge on any atom is -0.352 e. The van der Waals surface area contributed by atoms with E-state index in [0.29, 0.717) is 12.1 Å². The van der Waals surface area contributed by atoms with Crippen molar-refractivity contribution in [1.82, 2.24) is 15.2 Å². The van der Waals surface area contributed by atoms with E-state index in [0.717, 1.165) is 19.4 Å². The Morgan fingerprint density at radius 2 is 2.33 bits per heavy atom. The molecule has 96 valence electrons. The molecule has 2 rings (SSSR count). The molecule has 1 aliphatic rings. The van der Waals surface area contributed by atoms with Crippen LogP contribution < -0.4 is 5.32 Å². The van der Waals surface area contributed by atoms with Crippen LogP contribution in [-0.2, 0) is 4.79 Å². The lowest BCUT2D eigenvalue weighted by atomic mass is 10.0. The summed E-state index contributed by atoms with van der Waals surface area (Å²) in [4.78, 5) is 29.0. The average Bonchev–Trinajstić information content (AvgIpc) is 2.38. The Labute approximate surface area is 106 Å². The van der Waals surface area contributed by atoms with E-state index in [4.69, 9.17) is 0 Å². The number of carbonyl (C=O) groups is 2. The smallest absolute Gasteiger partial charge is 0.255 e. The molecule has 0 radical (unpaired) electrons. The quantitative estimate of drug-likeness (QED) is 0.841. The Balaban J connectivity index is 2.00. The van der Waals surface area contributed by atoms with Gasteiger partial charge in [0, 0.05) is 38.4 Å². The summed E-state index contributed by atoms with van der Waals surface area (Å²) in [6, 6.07) is 3.58. The van der Waals surface area contributed by atoms with E-state index in [9.17, 15) is 9.59 Å². The molecule has 0 bridgehead atoms. The van der Waals surface area contributed by atoms with Gasteiger partial charge in [-0.25, -0.2) is 0 Å². The second-order valence-corrected chi connectivity index (χ2v) is 4.53. The van der Waals surface area contributed by atoms with E-state index in [2.05, 4.69) is 10.3 Å². The highest BCUT2D eigenvalue weighted by Crippen LogP contribution is 2.13. The Bertz CT molecular complexity index is 433. The number of nitrogens with zero attached hydrogens (tertiary/aromatic N) is 2. The molecule has 1 aromatic heterocycles. The van der Waals surface area contributed by atoms with Crippen molar-refractivity contribution < 1.29 is 9.59 Å². The van der Waals surface area contributed by atoms with E-state index in [-0.39, 0.29) is 17.9 Å². The Morgan fingerprint density at radius 3 is 3.00 bits per heavy atom. The van der Waals surface area contributed by atoms with Crippen LogP contribution in [0.1, 0.15) is 30.1 Å². The summed E-state index contributed by atoms with van der Waals surface area (Å²) in [5, 5.41) is 2.87. The number of piperidine rings is 1. The number of nitrogens with one attached hydrogen (secondary N) is 1. The van der Waals surface area contributed by atoms with Crippen molar-refractivity contribution in [1.29, 1.82) is 0 Å². The fraction of sp³-hybridized carbons (Fsp3) is 0.462. The third-order valence-corrected chi connectivity index (χ3v) is 3.02. The van der Waals surface area contributed by atoms with E-state index in [1.165, 1.54) is 6.92 Å². The van der Waals surface area contributed by atoms with Crippen molar-refractivity contribution in [3.8, 4) is 0 Å². The van der Waals surface area contributed by atoms with E-state index in [1.807, 2.05) is 0 Å². The highest BCUT2D eigenvalue weighted by molar-refractivity contribution is 5.94. The van der Waals surface area contributed by atoms with Crippen LogP contribution in [0.15, 0.2) is 24.5 Å². The third-order valence-electron chi connectivity index (χ3n) is 3.02. The van der Waals surface area contributed by atoms with Gasteiger partial charge in [0.15, 0.2) is 0 Å². The molecule has 1 atom stereocenters. The second-order valence-electron chi connectivity index (χ2n) is 4.53. The van der Waals surface area contributed by atoms with E-state index >= 15 is 0 Å². The maximum atomic E-state index is 12.2. The van der Waals surface area contributed by atoms with Crippen molar-refractivity contribution >= 4 is 11.8 Å². The van der Waals surface area contributed by atoms with Crippen LogP contribution in [0.2, 0.25) is 0 Å². The molecule has 1 fully saturated rings. The van der Waals surface area contributed by atoms with Crippen molar-refractivity contribution in [2.24, 2.45) is 0 Å². The first kappa shape index (κ1) is 12.5. The van der Waals surface area contributed by atoms with Crippen LogP contribution >= 0.6 is 0 Å². The molecule has 1 N–H and O–H groups in total. The van der Waals surface area contributed by atoms with Gasteiger partial charge in [0.2, 0.25) is 5.91 Å². The van der Waals surface area contributed by atoms with Crippen LogP contribution in [-0.4, -0.2) is 40.8 Å². The molecule has 5 heteroatoms. The maximum absolute atomic E-state index is 12.2. The number of amides is 2. The number of aromatic nitrogens is 1. The lowest BCUT2D eigenvalue weighted by Crippen LogP contribution is -2.49. The number of hydrogen-bond donors (Lipinski definition) is 1. The van der Waals surface area contributed by atoms with Gasteiger partial charge in [-0.05, 0) is 25.0 Å². The standard InChI is InChI=1S/C13H17N3O2/c1-10(17)15-12-5-3-7-16(9-12)13(18)11-4-2-6-14-8-11/h2,4,6,8,12H,3,5,7,9H2,1H3,(H,15,17). The van der Waals surface area contributed by atoms with Gasteiger partial charge < -0.3 is 10.2 Å². The Morgan fingerprint density at radius 1 is 1.50 bits per heavy atom. The molecule has 0 spiro atoms. The van der Waals surface area contributed by atoms with Crippen LogP contribution in [0, 0.1) is 0 Å². The Hall–Kier alpha value is -1.91. The molecular formula is C13H17N3O2. The van der Waals surface area contributed by atoms with Gasteiger partial charge >= 0.3 is 0 Å². The summed E-state index contributed by atoms with van der Waals surface area (Å²) >= 11 is 0. The minimum absolute atomic E-state index is 0.0156. The summed E-state index contributed by atoms with van der Waals surface area (Å²) in [5.74, 6) is -0.0613. The zero-order valence-corrected chi connectivity index (χ0v) is 10.4. The fourth-order valence-electron chi connectivity index (χ4n) is 2.24. The van der Waals surface area contributed by atoms with Crippen molar-refractivity contribution in [2.45, 2.75) is 25.8 Å². The molecule has 0 saturated carbocycles. The van der Waals surface area contributed by atoms with Gasteiger partial charge in [0.25, 0.3) is 5.91 Å². The first-order valence-electron chi connectivity index (χ1n) is 6.13. The van der Waals surface area contributed by atoms with E-state index in [1.54, 1.807) is 29.4 Å². The molecule has 1 saturated heterocycles. The summed E-state index contributed by atoms with van der Waals surface area (Å²) in [6.45, 7) is 2.82. The summed E-state index contributed by atoms with van der Waals surface area (Å²) < 4.78 is 0. The topological polar surface area (TPSA) is 62.3 Å². The molecule has 1 unspecified atom stereocenters. The number of hydrogen-bond acceptors (Lipinski definition) is 3. The SMILES string of the molecule is CC(=O)NC1CCCN(C(=O)c2cccnc2)C1. The molecule has 5 nitrogen and oxygen atoms in total. The van der Waals surface area contributed by atoms with Crippen LogP contribution in [0.3, 0.4) is 0 Å². The number of pyridine rings is 1. The van der Waals surface area contributed by atoms with Gasteiger partial charge in [0.05, 0.1) is 5.56 Å². The lowest BCUT2D eigenvalue weighted by molar-refractivity contribution is -0.120. The molecule has 1 aliphatic heterocycles. The first-order chi connectivity index (χ1) is 8.66. The zero-order chi connectivity index (χ0) is 13.0. The highest BCUT2D eigenvalue weighted by Gasteiger charge is 2.24. The molecule has 2 amide bonds. The van der Waals surface area contributed by atoms with Gasteiger partial charge in [-0.3, -0.25) is 14.6 Å². The minimum atomic E-state index is -0.0457. The number of rotatable bonds is 2. The zero-order valence-electron chi connectivity index (χ0n) is 10.4. The predicted octanol–water partition coefficient (Wildman–Crippen LogP) is 0.822. The fourth-order valence-corrected chi connectivity index (χ4v) is 2.24. The molecular weight excluding hydrogens is 230 g/mol. The van der Waals surface area contributed by atoms with Crippen LogP contribution in [0.25, 0.3) is 0 Å². The van der Waals surface area contributed by atoms with Gasteiger partial charge in [0.1, 0.15) is 0 Å². The van der Waals surface area contributed by atoms with Crippen molar-refractivity contribution in [2.75, 3.05) is 13.1 Å². The number of likely N-dealkylation sites (tertiary alicyclic amines) is 1.